The quantitative estimate of drug-likeness (QED) is 0.840. The van der Waals surface area contributed by atoms with Gasteiger partial charge in [-0.25, -0.2) is 4.98 Å². The Morgan fingerprint density at radius 1 is 1.33 bits per heavy atom. The zero-order chi connectivity index (χ0) is 12.8. The van der Waals surface area contributed by atoms with Gasteiger partial charge in [0.05, 0.1) is 5.69 Å². The largest absolute Gasteiger partial charge is 0.339 e. The molecule has 0 aliphatic carbocycles. The third kappa shape index (κ3) is 3.34. The third-order valence-electron chi connectivity index (χ3n) is 2.66. The van der Waals surface area contributed by atoms with Gasteiger partial charge >= 0.3 is 0 Å². The van der Waals surface area contributed by atoms with E-state index in [1.807, 2.05) is 12.4 Å². The molecule has 0 saturated carbocycles. The third-order valence-corrected chi connectivity index (χ3v) is 3.56. The molecule has 2 N–H and O–H groups in total. The van der Waals surface area contributed by atoms with Crippen LogP contribution >= 0.6 is 11.8 Å². The van der Waals surface area contributed by atoms with E-state index in [-0.39, 0.29) is 0 Å². The van der Waals surface area contributed by atoms with E-state index in [1.54, 1.807) is 18.0 Å². The highest BCUT2D eigenvalue weighted by Gasteiger charge is 2.09. The van der Waals surface area contributed by atoms with Gasteiger partial charge in [-0.2, -0.15) is 0 Å². The van der Waals surface area contributed by atoms with Crippen molar-refractivity contribution in [3.8, 4) is 0 Å². The second-order valence-electron chi connectivity index (χ2n) is 3.93. The SMILES string of the molecule is CCNC(CC)c1ccc(Sc2ncc[nH]2)cn1. The molecule has 0 aliphatic heterocycles. The van der Waals surface area contributed by atoms with Gasteiger partial charge in [0.15, 0.2) is 5.16 Å². The Morgan fingerprint density at radius 2 is 2.22 bits per heavy atom. The molecule has 5 heteroatoms. The molecular weight excluding hydrogens is 244 g/mol. The first kappa shape index (κ1) is 13.1. The van der Waals surface area contributed by atoms with E-state index in [0.717, 1.165) is 28.7 Å². The van der Waals surface area contributed by atoms with E-state index >= 15 is 0 Å². The lowest BCUT2D eigenvalue weighted by Gasteiger charge is -2.15. The first-order valence-electron chi connectivity index (χ1n) is 6.20. The van der Waals surface area contributed by atoms with Crippen molar-refractivity contribution < 1.29 is 0 Å². The molecule has 0 aromatic carbocycles. The van der Waals surface area contributed by atoms with Crippen molar-refractivity contribution >= 4 is 11.8 Å². The number of rotatable bonds is 6. The van der Waals surface area contributed by atoms with Gasteiger partial charge < -0.3 is 10.3 Å². The van der Waals surface area contributed by atoms with Crippen LogP contribution in [-0.4, -0.2) is 21.5 Å². The summed E-state index contributed by atoms with van der Waals surface area (Å²) in [6.45, 7) is 5.24. The molecule has 0 saturated heterocycles. The first-order chi connectivity index (χ1) is 8.83. The number of pyridine rings is 1. The summed E-state index contributed by atoms with van der Waals surface area (Å²) in [5.41, 5.74) is 1.10. The van der Waals surface area contributed by atoms with Crippen LogP contribution in [0.3, 0.4) is 0 Å². The van der Waals surface area contributed by atoms with Gasteiger partial charge in [0, 0.05) is 29.5 Å². The summed E-state index contributed by atoms with van der Waals surface area (Å²) in [6.07, 6.45) is 6.53. The van der Waals surface area contributed by atoms with Gasteiger partial charge in [-0.1, -0.05) is 25.6 Å². The lowest BCUT2D eigenvalue weighted by molar-refractivity contribution is 0.524. The van der Waals surface area contributed by atoms with E-state index < -0.39 is 0 Å². The summed E-state index contributed by atoms with van der Waals surface area (Å²) in [5, 5.41) is 4.32. The predicted octanol–water partition coefficient (Wildman–Crippen LogP) is 3.02. The Hall–Kier alpha value is -1.33. The van der Waals surface area contributed by atoms with Crippen LogP contribution in [0.4, 0.5) is 0 Å². The number of nitrogens with zero attached hydrogens (tertiary/aromatic N) is 2. The van der Waals surface area contributed by atoms with E-state index in [4.69, 9.17) is 0 Å². The molecule has 1 atom stereocenters. The molecule has 4 nitrogen and oxygen atoms in total. The molecule has 0 amide bonds. The first-order valence-corrected chi connectivity index (χ1v) is 7.01. The standard InChI is InChI=1S/C13H18N4S/c1-3-11(14-4-2)12-6-5-10(9-17-12)18-13-15-7-8-16-13/h5-9,11,14H,3-4H2,1-2H3,(H,15,16). The minimum atomic E-state index is 0.345. The van der Waals surface area contributed by atoms with Gasteiger partial charge in [0.25, 0.3) is 0 Å². The molecule has 0 aliphatic rings. The van der Waals surface area contributed by atoms with Gasteiger partial charge in [-0.05, 0) is 25.1 Å². The molecular formula is C13H18N4S. The summed E-state index contributed by atoms with van der Waals surface area (Å²) in [4.78, 5) is 12.9. The van der Waals surface area contributed by atoms with Crippen LogP contribution in [0.2, 0.25) is 0 Å². The van der Waals surface area contributed by atoms with Crippen LogP contribution in [0.5, 0.6) is 0 Å². The molecule has 0 spiro atoms. The number of aromatic amines is 1. The van der Waals surface area contributed by atoms with E-state index in [1.165, 1.54) is 0 Å². The lowest BCUT2D eigenvalue weighted by atomic mass is 10.1. The molecule has 96 valence electrons. The van der Waals surface area contributed by atoms with Crippen LogP contribution < -0.4 is 5.32 Å². The zero-order valence-corrected chi connectivity index (χ0v) is 11.5. The monoisotopic (exact) mass is 262 g/mol. The minimum absolute atomic E-state index is 0.345. The highest BCUT2D eigenvalue weighted by atomic mass is 32.2. The molecule has 2 heterocycles. The Labute approximate surface area is 112 Å². The highest BCUT2D eigenvalue weighted by molar-refractivity contribution is 7.99. The summed E-state index contributed by atoms with van der Waals surface area (Å²) < 4.78 is 0. The fraction of sp³-hybridized carbons (Fsp3) is 0.385. The molecule has 2 aromatic heterocycles. The van der Waals surface area contributed by atoms with E-state index in [9.17, 15) is 0 Å². The number of imidazole rings is 1. The van der Waals surface area contributed by atoms with Crippen LogP contribution in [0.25, 0.3) is 0 Å². The summed E-state index contributed by atoms with van der Waals surface area (Å²) in [7, 11) is 0. The second kappa shape index (κ2) is 6.56. The number of nitrogens with one attached hydrogen (secondary N) is 2. The maximum atomic E-state index is 4.52. The number of hydrogen-bond acceptors (Lipinski definition) is 4. The normalized spacial score (nSPS) is 12.6. The number of hydrogen-bond donors (Lipinski definition) is 2. The molecule has 2 aromatic rings. The Bertz CT molecular complexity index is 452. The molecule has 0 radical (unpaired) electrons. The fourth-order valence-electron chi connectivity index (χ4n) is 1.78. The summed E-state index contributed by atoms with van der Waals surface area (Å²) in [5.74, 6) is 0. The van der Waals surface area contributed by atoms with Gasteiger partial charge in [-0.3, -0.25) is 4.98 Å². The fourth-order valence-corrected chi connectivity index (χ4v) is 2.49. The average molecular weight is 262 g/mol. The number of aromatic nitrogens is 3. The smallest absolute Gasteiger partial charge is 0.170 e. The average Bonchev–Trinajstić information content (AvgIpc) is 2.90. The van der Waals surface area contributed by atoms with Gasteiger partial charge in [-0.15, -0.1) is 0 Å². The minimum Gasteiger partial charge on any atom is -0.339 e. The van der Waals surface area contributed by atoms with Crippen molar-refractivity contribution in [2.24, 2.45) is 0 Å². The van der Waals surface area contributed by atoms with Crippen LogP contribution in [0, 0.1) is 0 Å². The van der Waals surface area contributed by atoms with Gasteiger partial charge in [0.1, 0.15) is 0 Å². The summed E-state index contributed by atoms with van der Waals surface area (Å²) >= 11 is 1.59. The lowest BCUT2D eigenvalue weighted by Crippen LogP contribution is -2.20. The Kier molecular flexibility index (Phi) is 4.78. The molecule has 2 rings (SSSR count). The molecule has 0 bridgehead atoms. The summed E-state index contributed by atoms with van der Waals surface area (Å²) in [6, 6.07) is 4.52. The van der Waals surface area contributed by atoms with Crippen molar-refractivity contribution in [1.29, 1.82) is 0 Å². The second-order valence-corrected chi connectivity index (χ2v) is 5.00. The van der Waals surface area contributed by atoms with Crippen LogP contribution in [0.15, 0.2) is 40.8 Å². The highest BCUT2D eigenvalue weighted by Crippen LogP contribution is 2.24. The van der Waals surface area contributed by atoms with Crippen molar-refractivity contribution in [2.45, 2.75) is 36.4 Å². The van der Waals surface area contributed by atoms with Crippen molar-refractivity contribution in [2.75, 3.05) is 6.54 Å². The topological polar surface area (TPSA) is 53.6 Å². The number of H-pyrrole nitrogens is 1. The van der Waals surface area contributed by atoms with Crippen molar-refractivity contribution in [1.82, 2.24) is 20.3 Å². The predicted molar refractivity (Wildman–Crippen MR) is 73.7 cm³/mol. The molecule has 1 unspecified atom stereocenters. The Morgan fingerprint density at radius 3 is 2.78 bits per heavy atom. The van der Waals surface area contributed by atoms with E-state index in [2.05, 4.69) is 46.2 Å². The maximum absolute atomic E-state index is 4.52. The van der Waals surface area contributed by atoms with Crippen LogP contribution in [0.1, 0.15) is 32.0 Å². The molecule has 0 fully saturated rings. The van der Waals surface area contributed by atoms with Gasteiger partial charge in [0.2, 0.25) is 0 Å². The van der Waals surface area contributed by atoms with Crippen molar-refractivity contribution in [3.05, 3.63) is 36.4 Å². The van der Waals surface area contributed by atoms with E-state index in [0.29, 0.717) is 6.04 Å². The molecule has 18 heavy (non-hydrogen) atoms. The maximum Gasteiger partial charge on any atom is 0.170 e. The van der Waals surface area contributed by atoms with Crippen molar-refractivity contribution in [3.63, 3.8) is 0 Å². The van der Waals surface area contributed by atoms with Crippen LogP contribution in [-0.2, 0) is 0 Å². The zero-order valence-electron chi connectivity index (χ0n) is 10.7. The Balaban J connectivity index is 2.04.